The number of nitrogens with one attached hydrogen (secondary N) is 2. The predicted octanol–water partition coefficient (Wildman–Crippen LogP) is 1.72. The number of aromatic amines is 1. The number of imidazole rings is 1. The molecule has 2 aromatic heterocycles. The van der Waals surface area contributed by atoms with E-state index in [0.29, 0.717) is 5.69 Å². The Morgan fingerprint density at radius 3 is 3.12 bits per heavy atom. The lowest BCUT2D eigenvalue weighted by Gasteiger charge is -2.04. The van der Waals surface area contributed by atoms with Gasteiger partial charge in [-0.3, -0.25) is 0 Å². The average molecular weight is 227 g/mol. The van der Waals surface area contributed by atoms with E-state index in [2.05, 4.69) is 20.3 Å². The van der Waals surface area contributed by atoms with E-state index in [-0.39, 0.29) is 0 Å². The molecule has 2 heterocycles. The van der Waals surface area contributed by atoms with Crippen molar-refractivity contribution in [3.8, 4) is 6.07 Å². The van der Waals surface area contributed by atoms with Crippen molar-refractivity contribution in [2.24, 2.45) is 0 Å². The first-order valence-electron chi connectivity index (χ1n) is 5.48. The molecule has 0 spiro atoms. The molecular weight excluding hydrogens is 214 g/mol. The topological polar surface area (TPSA) is 77.4 Å². The molecule has 0 amide bonds. The summed E-state index contributed by atoms with van der Waals surface area (Å²) in [6.07, 6.45) is 5.44. The number of aromatic nitrogens is 3. The summed E-state index contributed by atoms with van der Waals surface area (Å²) in [5.74, 6) is 1.73. The van der Waals surface area contributed by atoms with Crippen LogP contribution in [-0.2, 0) is 6.42 Å². The van der Waals surface area contributed by atoms with Gasteiger partial charge in [-0.2, -0.15) is 5.26 Å². The maximum Gasteiger partial charge on any atom is 0.142 e. The van der Waals surface area contributed by atoms with Crippen molar-refractivity contribution in [3.05, 3.63) is 42.1 Å². The summed E-state index contributed by atoms with van der Waals surface area (Å²) in [6, 6.07) is 7.38. The van der Waals surface area contributed by atoms with Crippen molar-refractivity contribution < 1.29 is 0 Å². The lowest BCUT2D eigenvalue weighted by molar-refractivity contribution is 0.814. The first-order valence-corrected chi connectivity index (χ1v) is 5.48. The lowest BCUT2D eigenvalue weighted by Crippen LogP contribution is -2.05. The van der Waals surface area contributed by atoms with Gasteiger partial charge in [0.15, 0.2) is 0 Å². The zero-order valence-electron chi connectivity index (χ0n) is 9.35. The van der Waals surface area contributed by atoms with E-state index in [1.165, 1.54) is 0 Å². The quantitative estimate of drug-likeness (QED) is 0.762. The number of hydrogen-bond donors (Lipinski definition) is 2. The third kappa shape index (κ3) is 3.31. The number of nitrogens with zero attached hydrogens (tertiary/aromatic N) is 3. The molecule has 0 aliphatic carbocycles. The zero-order valence-corrected chi connectivity index (χ0v) is 9.35. The average Bonchev–Trinajstić information content (AvgIpc) is 2.88. The van der Waals surface area contributed by atoms with Crippen LogP contribution in [0.3, 0.4) is 0 Å². The molecule has 2 rings (SSSR count). The van der Waals surface area contributed by atoms with Crippen LogP contribution in [0.25, 0.3) is 0 Å². The first-order chi connectivity index (χ1) is 8.38. The Balaban J connectivity index is 1.76. The van der Waals surface area contributed by atoms with E-state index in [0.717, 1.165) is 31.0 Å². The Morgan fingerprint density at radius 2 is 2.35 bits per heavy atom. The highest BCUT2D eigenvalue weighted by Crippen LogP contribution is 2.04. The summed E-state index contributed by atoms with van der Waals surface area (Å²) in [7, 11) is 0. The minimum atomic E-state index is 0.432. The molecule has 0 atom stereocenters. The number of nitriles is 1. The first kappa shape index (κ1) is 11.1. The molecule has 0 fully saturated rings. The summed E-state index contributed by atoms with van der Waals surface area (Å²) in [5, 5.41) is 11.9. The normalized spacial score (nSPS) is 9.82. The Morgan fingerprint density at radius 1 is 1.41 bits per heavy atom. The molecule has 0 saturated heterocycles. The van der Waals surface area contributed by atoms with E-state index >= 15 is 0 Å². The van der Waals surface area contributed by atoms with E-state index in [4.69, 9.17) is 5.26 Å². The van der Waals surface area contributed by atoms with Crippen molar-refractivity contribution in [3.63, 3.8) is 0 Å². The van der Waals surface area contributed by atoms with E-state index in [9.17, 15) is 0 Å². The van der Waals surface area contributed by atoms with Gasteiger partial charge in [-0.15, -0.1) is 0 Å². The van der Waals surface area contributed by atoms with Crippen LogP contribution in [0.2, 0.25) is 0 Å². The van der Waals surface area contributed by atoms with Gasteiger partial charge in [-0.1, -0.05) is 6.07 Å². The van der Waals surface area contributed by atoms with Gasteiger partial charge in [0.05, 0.1) is 0 Å². The fraction of sp³-hybridized carbons (Fsp3) is 0.250. The SMILES string of the molecule is N#Cc1cccc(NCCCc2ncc[nH]2)n1. The maximum absolute atomic E-state index is 8.71. The van der Waals surface area contributed by atoms with Gasteiger partial charge < -0.3 is 10.3 Å². The van der Waals surface area contributed by atoms with Gasteiger partial charge >= 0.3 is 0 Å². The van der Waals surface area contributed by atoms with Crippen LogP contribution in [0.5, 0.6) is 0 Å². The van der Waals surface area contributed by atoms with Gasteiger partial charge in [-0.25, -0.2) is 9.97 Å². The third-order valence-electron chi connectivity index (χ3n) is 2.31. The smallest absolute Gasteiger partial charge is 0.142 e. The van der Waals surface area contributed by atoms with Crippen molar-refractivity contribution >= 4 is 5.82 Å². The highest BCUT2D eigenvalue weighted by Gasteiger charge is 1.97. The predicted molar refractivity (Wildman–Crippen MR) is 64.4 cm³/mol. The van der Waals surface area contributed by atoms with Gasteiger partial charge in [0.1, 0.15) is 23.4 Å². The molecule has 0 aromatic carbocycles. The fourth-order valence-electron chi connectivity index (χ4n) is 1.50. The minimum Gasteiger partial charge on any atom is -0.370 e. The molecule has 0 aliphatic rings. The Labute approximate surface area is 99.5 Å². The summed E-state index contributed by atoms with van der Waals surface area (Å²) in [6.45, 7) is 0.808. The zero-order chi connectivity index (χ0) is 11.9. The van der Waals surface area contributed by atoms with Gasteiger partial charge in [0, 0.05) is 25.4 Å². The van der Waals surface area contributed by atoms with Crippen LogP contribution in [0.1, 0.15) is 17.9 Å². The molecule has 2 N–H and O–H groups in total. The molecule has 0 saturated carbocycles. The monoisotopic (exact) mass is 227 g/mol. The molecule has 0 unspecified atom stereocenters. The van der Waals surface area contributed by atoms with Crippen LogP contribution < -0.4 is 5.32 Å². The van der Waals surface area contributed by atoms with Crippen molar-refractivity contribution in [2.45, 2.75) is 12.8 Å². The van der Waals surface area contributed by atoms with Crippen LogP contribution in [-0.4, -0.2) is 21.5 Å². The van der Waals surface area contributed by atoms with Crippen LogP contribution in [0.4, 0.5) is 5.82 Å². The van der Waals surface area contributed by atoms with E-state index < -0.39 is 0 Å². The van der Waals surface area contributed by atoms with Gasteiger partial charge in [0.2, 0.25) is 0 Å². The second kappa shape index (κ2) is 5.66. The number of hydrogen-bond acceptors (Lipinski definition) is 4. The molecule has 0 radical (unpaired) electrons. The highest BCUT2D eigenvalue weighted by molar-refractivity contribution is 5.38. The summed E-state index contributed by atoms with van der Waals surface area (Å²) >= 11 is 0. The molecule has 17 heavy (non-hydrogen) atoms. The number of H-pyrrole nitrogens is 1. The maximum atomic E-state index is 8.71. The summed E-state index contributed by atoms with van der Waals surface area (Å²) in [4.78, 5) is 11.3. The summed E-state index contributed by atoms with van der Waals surface area (Å²) < 4.78 is 0. The largest absolute Gasteiger partial charge is 0.370 e. The molecule has 5 nitrogen and oxygen atoms in total. The molecular formula is C12H13N5. The second-order valence-corrected chi connectivity index (χ2v) is 3.59. The number of pyridine rings is 1. The number of anilines is 1. The summed E-state index contributed by atoms with van der Waals surface area (Å²) in [5.41, 5.74) is 0.432. The van der Waals surface area contributed by atoms with Crippen LogP contribution in [0.15, 0.2) is 30.6 Å². The van der Waals surface area contributed by atoms with Crippen molar-refractivity contribution in [1.29, 1.82) is 5.26 Å². The van der Waals surface area contributed by atoms with E-state index in [1.54, 1.807) is 12.3 Å². The number of rotatable bonds is 5. The lowest BCUT2D eigenvalue weighted by atomic mass is 10.3. The molecule has 2 aromatic rings. The number of aryl methyl sites for hydroxylation is 1. The molecule has 0 bridgehead atoms. The standard InChI is InChI=1S/C12H13N5/c13-9-10-3-1-4-12(17-10)14-6-2-5-11-15-7-8-16-11/h1,3-4,7-8H,2,5-6H2,(H,14,17)(H,15,16). The molecule has 86 valence electrons. The molecule has 5 heteroatoms. The van der Waals surface area contributed by atoms with Crippen molar-refractivity contribution in [2.75, 3.05) is 11.9 Å². The van der Waals surface area contributed by atoms with E-state index in [1.807, 2.05) is 24.4 Å². The Bertz CT molecular complexity index is 498. The van der Waals surface area contributed by atoms with Crippen molar-refractivity contribution in [1.82, 2.24) is 15.0 Å². The Kier molecular flexibility index (Phi) is 3.71. The Hall–Kier alpha value is -2.35. The van der Waals surface area contributed by atoms with Crippen LogP contribution in [0, 0.1) is 11.3 Å². The third-order valence-corrected chi connectivity index (χ3v) is 2.31. The minimum absolute atomic E-state index is 0.432. The second-order valence-electron chi connectivity index (χ2n) is 3.59. The molecule has 0 aliphatic heterocycles. The van der Waals surface area contributed by atoms with Crippen LogP contribution >= 0.6 is 0 Å². The highest BCUT2D eigenvalue weighted by atomic mass is 15.0. The van der Waals surface area contributed by atoms with Gasteiger partial charge in [0.25, 0.3) is 0 Å². The van der Waals surface area contributed by atoms with Gasteiger partial charge in [-0.05, 0) is 18.6 Å². The fourth-order valence-corrected chi connectivity index (χ4v) is 1.50.